The Kier molecular flexibility index (Phi) is 3.67. The highest BCUT2D eigenvalue weighted by Gasteiger charge is 2.27. The molecular weight excluding hydrogens is 348 g/mol. The van der Waals surface area contributed by atoms with Gasteiger partial charge in [0.25, 0.3) is 0 Å². The van der Waals surface area contributed by atoms with Crippen LogP contribution >= 0.6 is 0 Å². The van der Waals surface area contributed by atoms with E-state index < -0.39 is 6.23 Å². The highest BCUT2D eigenvalue weighted by atomic mass is 16.7. The molecule has 3 aromatic rings. The minimum atomic E-state index is -0.493. The summed E-state index contributed by atoms with van der Waals surface area (Å²) in [6.45, 7) is 2.53. The molecule has 8 heteroatoms. The van der Waals surface area contributed by atoms with Gasteiger partial charge in [-0.2, -0.15) is 4.98 Å². The number of ether oxygens (including phenoxy) is 4. The van der Waals surface area contributed by atoms with E-state index in [4.69, 9.17) is 18.9 Å². The molecule has 136 valence electrons. The fraction of sp³-hybridized carbons (Fsp3) is 0.211. The van der Waals surface area contributed by atoms with Crippen molar-refractivity contribution in [2.24, 2.45) is 0 Å². The summed E-state index contributed by atoms with van der Waals surface area (Å²) in [6, 6.07) is 13.7. The van der Waals surface area contributed by atoms with Crippen LogP contribution in [0.5, 0.6) is 23.4 Å². The Morgan fingerprint density at radius 3 is 2.93 bits per heavy atom. The van der Waals surface area contributed by atoms with Gasteiger partial charge in [-0.15, -0.1) is 5.10 Å². The van der Waals surface area contributed by atoms with Crippen molar-refractivity contribution in [2.45, 2.75) is 13.2 Å². The number of nitrogens with one attached hydrogen (secondary N) is 1. The van der Waals surface area contributed by atoms with Crippen LogP contribution in [0.3, 0.4) is 0 Å². The summed E-state index contributed by atoms with van der Waals surface area (Å²) in [5.74, 6) is 1.76. The number of rotatable bonds is 3. The molecule has 1 atom stereocenters. The van der Waals surface area contributed by atoms with Gasteiger partial charge in [-0.3, -0.25) is 0 Å². The van der Waals surface area contributed by atoms with Gasteiger partial charge in [0, 0.05) is 16.8 Å². The Bertz CT molecular complexity index is 1010. The maximum Gasteiger partial charge on any atom is 0.339 e. The summed E-state index contributed by atoms with van der Waals surface area (Å²) < 4.78 is 22.4. The molecule has 0 amide bonds. The molecule has 8 nitrogen and oxygen atoms in total. The van der Waals surface area contributed by atoms with Crippen molar-refractivity contribution in [3.05, 3.63) is 48.0 Å². The number of anilines is 1. The maximum absolute atomic E-state index is 6.17. The fourth-order valence-corrected chi connectivity index (χ4v) is 3.06. The average molecular weight is 364 g/mol. The summed E-state index contributed by atoms with van der Waals surface area (Å²) in [5.41, 5.74) is 3.17. The molecule has 2 aliphatic rings. The van der Waals surface area contributed by atoms with Crippen LogP contribution < -0.4 is 24.3 Å². The van der Waals surface area contributed by atoms with Gasteiger partial charge in [0.1, 0.15) is 0 Å². The van der Waals surface area contributed by atoms with Crippen LogP contribution in [0.25, 0.3) is 11.3 Å². The Hall–Kier alpha value is -3.55. The predicted molar refractivity (Wildman–Crippen MR) is 96.0 cm³/mol. The van der Waals surface area contributed by atoms with E-state index in [9.17, 15) is 0 Å². The largest absolute Gasteiger partial charge is 0.463 e. The second-order valence-electron chi connectivity index (χ2n) is 5.98. The summed E-state index contributed by atoms with van der Waals surface area (Å²) >= 11 is 0. The topological polar surface area (TPSA) is 87.6 Å². The number of fused-ring (bicyclic) bond motifs is 4. The summed E-state index contributed by atoms with van der Waals surface area (Å²) in [4.78, 5) is 4.40. The molecule has 1 aromatic heterocycles. The number of nitrogens with zero attached hydrogens (tertiary/aromatic N) is 3. The summed E-state index contributed by atoms with van der Waals surface area (Å²) in [5, 5.41) is 11.7. The zero-order valence-corrected chi connectivity index (χ0v) is 14.5. The van der Waals surface area contributed by atoms with Crippen LogP contribution in [0, 0.1) is 0 Å². The minimum Gasteiger partial charge on any atom is -0.463 e. The molecule has 5 rings (SSSR count). The Morgan fingerprint density at radius 1 is 1.11 bits per heavy atom. The Labute approximate surface area is 155 Å². The number of hydrogen-bond acceptors (Lipinski definition) is 8. The predicted octanol–water partition coefficient (Wildman–Crippen LogP) is 3.17. The molecule has 0 fully saturated rings. The fourth-order valence-electron chi connectivity index (χ4n) is 3.06. The first-order valence-corrected chi connectivity index (χ1v) is 8.61. The third kappa shape index (κ3) is 2.75. The van der Waals surface area contributed by atoms with Crippen LogP contribution in [-0.4, -0.2) is 28.6 Å². The van der Waals surface area contributed by atoms with E-state index in [2.05, 4.69) is 20.5 Å². The van der Waals surface area contributed by atoms with Crippen molar-refractivity contribution in [1.82, 2.24) is 15.2 Å². The smallest absolute Gasteiger partial charge is 0.339 e. The first-order chi connectivity index (χ1) is 13.3. The zero-order valence-electron chi connectivity index (χ0n) is 14.5. The van der Waals surface area contributed by atoms with Gasteiger partial charge in [0.15, 0.2) is 23.4 Å². The second-order valence-corrected chi connectivity index (χ2v) is 5.98. The molecule has 1 N–H and O–H groups in total. The summed E-state index contributed by atoms with van der Waals surface area (Å²) in [7, 11) is 0. The lowest BCUT2D eigenvalue weighted by Crippen LogP contribution is -2.17. The average Bonchev–Trinajstić information content (AvgIpc) is 3.10. The normalized spacial score (nSPS) is 16.4. The molecule has 2 aromatic carbocycles. The highest BCUT2D eigenvalue weighted by molar-refractivity contribution is 5.79. The number of benzene rings is 2. The first-order valence-electron chi connectivity index (χ1n) is 8.61. The van der Waals surface area contributed by atoms with Gasteiger partial charge >= 0.3 is 6.01 Å². The second kappa shape index (κ2) is 6.31. The number of hydrogen-bond donors (Lipinski definition) is 1. The Morgan fingerprint density at radius 2 is 2.00 bits per heavy atom. The van der Waals surface area contributed by atoms with Gasteiger partial charge < -0.3 is 24.3 Å². The number of para-hydroxylation sites is 1. The molecule has 0 bridgehead atoms. The van der Waals surface area contributed by atoms with E-state index in [0.29, 0.717) is 23.9 Å². The lowest BCUT2D eigenvalue weighted by molar-refractivity contribution is 0.173. The van der Waals surface area contributed by atoms with Crippen LogP contribution in [0.2, 0.25) is 0 Å². The molecule has 3 heterocycles. The van der Waals surface area contributed by atoms with Gasteiger partial charge in [-0.05, 0) is 31.2 Å². The highest BCUT2D eigenvalue weighted by Crippen LogP contribution is 2.41. The minimum absolute atomic E-state index is 0.181. The molecule has 27 heavy (non-hydrogen) atoms. The van der Waals surface area contributed by atoms with E-state index in [1.54, 1.807) is 0 Å². The monoisotopic (exact) mass is 364 g/mol. The third-order valence-corrected chi connectivity index (χ3v) is 4.31. The summed E-state index contributed by atoms with van der Waals surface area (Å²) in [6.07, 6.45) is -0.493. The van der Waals surface area contributed by atoms with Crippen molar-refractivity contribution in [2.75, 3.05) is 18.7 Å². The van der Waals surface area contributed by atoms with Crippen LogP contribution in [0.4, 0.5) is 5.69 Å². The van der Waals surface area contributed by atoms with E-state index in [0.717, 1.165) is 22.6 Å². The van der Waals surface area contributed by atoms with Crippen molar-refractivity contribution in [3.63, 3.8) is 0 Å². The molecule has 1 unspecified atom stereocenters. The van der Waals surface area contributed by atoms with Crippen molar-refractivity contribution in [1.29, 1.82) is 0 Å². The lowest BCUT2D eigenvalue weighted by atomic mass is 10.1. The zero-order chi connectivity index (χ0) is 18.2. The molecule has 0 saturated heterocycles. The molecule has 0 spiro atoms. The van der Waals surface area contributed by atoms with E-state index in [1.165, 1.54) is 0 Å². The standard InChI is InChI=1S/C19H16N4O4/c1-2-24-19-21-18-16(22-23-19)12-5-3-4-6-13(12)20-17(27-18)11-7-8-14-15(9-11)26-10-25-14/h3-9,17,20H,2,10H2,1H3. The SMILES string of the molecule is CCOc1nnc2c(n1)OC(c1ccc3c(c1)OCO3)Nc1ccccc1-2. The molecule has 0 radical (unpaired) electrons. The van der Waals surface area contributed by atoms with Crippen LogP contribution in [-0.2, 0) is 0 Å². The van der Waals surface area contributed by atoms with Crippen LogP contribution in [0.15, 0.2) is 42.5 Å². The number of aromatic nitrogens is 3. The van der Waals surface area contributed by atoms with E-state index in [-0.39, 0.29) is 12.8 Å². The molecule has 0 aliphatic carbocycles. The van der Waals surface area contributed by atoms with Gasteiger partial charge in [0.05, 0.1) is 6.61 Å². The maximum atomic E-state index is 6.17. The first kappa shape index (κ1) is 15.7. The van der Waals surface area contributed by atoms with Crippen molar-refractivity contribution in [3.8, 4) is 34.6 Å². The molecule has 0 saturated carbocycles. The van der Waals surface area contributed by atoms with Gasteiger partial charge in [-0.1, -0.05) is 23.3 Å². The van der Waals surface area contributed by atoms with Gasteiger partial charge in [0.2, 0.25) is 12.7 Å². The van der Waals surface area contributed by atoms with E-state index >= 15 is 0 Å². The van der Waals surface area contributed by atoms with E-state index in [1.807, 2.05) is 49.4 Å². The van der Waals surface area contributed by atoms with Crippen LogP contribution in [0.1, 0.15) is 18.7 Å². The van der Waals surface area contributed by atoms with Crippen molar-refractivity contribution >= 4 is 5.69 Å². The van der Waals surface area contributed by atoms with Crippen molar-refractivity contribution < 1.29 is 18.9 Å². The third-order valence-electron chi connectivity index (χ3n) is 4.31. The quantitative estimate of drug-likeness (QED) is 0.758. The molecular formula is C19H16N4O4. The molecule has 2 aliphatic heterocycles. The lowest BCUT2D eigenvalue weighted by Gasteiger charge is -2.19. The Balaban J connectivity index is 1.60. The van der Waals surface area contributed by atoms with Gasteiger partial charge in [-0.25, -0.2) is 0 Å².